The Balaban J connectivity index is 1.22. The van der Waals surface area contributed by atoms with E-state index in [9.17, 15) is 0 Å². The third-order valence-electron chi connectivity index (χ3n) is 9.00. The monoisotopic (exact) mass is 593 g/mol. The number of aromatic nitrogens is 4. The summed E-state index contributed by atoms with van der Waals surface area (Å²) < 4.78 is 2.38. The van der Waals surface area contributed by atoms with E-state index < -0.39 is 0 Å². The van der Waals surface area contributed by atoms with Gasteiger partial charge in [0.1, 0.15) is 5.82 Å². The first-order valence-electron chi connectivity index (χ1n) is 15.7. The van der Waals surface area contributed by atoms with Gasteiger partial charge in [0.05, 0.1) is 44.8 Å². The van der Waals surface area contributed by atoms with Crippen molar-refractivity contribution in [3.63, 3.8) is 0 Å². The molecule has 0 fully saturated rings. The molecule has 0 amide bonds. The predicted molar refractivity (Wildman–Crippen MR) is 189 cm³/mol. The molecule has 5 heteroatoms. The Morgan fingerprint density at radius 3 is 2.00 bits per heavy atom. The molecular formula is C41H31N5. The van der Waals surface area contributed by atoms with Crippen LogP contribution in [-0.4, -0.2) is 19.5 Å². The summed E-state index contributed by atoms with van der Waals surface area (Å²) in [7, 11) is 0. The molecule has 5 aromatic carbocycles. The molecule has 0 radical (unpaired) electrons. The second kappa shape index (κ2) is 9.85. The maximum atomic E-state index is 5.42. The summed E-state index contributed by atoms with van der Waals surface area (Å²) in [6.07, 6.45) is 1.83. The lowest BCUT2D eigenvalue weighted by atomic mass is 9.95. The highest BCUT2D eigenvalue weighted by Gasteiger charge is 2.33. The highest BCUT2D eigenvalue weighted by molar-refractivity contribution is 6.07. The molecule has 0 bridgehead atoms. The van der Waals surface area contributed by atoms with Crippen molar-refractivity contribution in [3.05, 3.63) is 139 Å². The van der Waals surface area contributed by atoms with Crippen LogP contribution in [0.5, 0.6) is 0 Å². The van der Waals surface area contributed by atoms with E-state index in [0.717, 1.165) is 83.8 Å². The first-order valence-corrected chi connectivity index (χ1v) is 15.7. The zero-order valence-corrected chi connectivity index (χ0v) is 25.9. The molecule has 1 aliphatic rings. The normalized spacial score (nSPS) is 12.6. The van der Waals surface area contributed by atoms with Crippen LogP contribution in [-0.2, 0) is 5.41 Å². The van der Waals surface area contributed by atoms with E-state index in [2.05, 4.69) is 157 Å². The average molecular weight is 594 g/mol. The number of anilines is 3. The number of rotatable bonds is 3. The van der Waals surface area contributed by atoms with Crippen molar-refractivity contribution in [1.82, 2.24) is 19.5 Å². The number of pyridine rings is 2. The summed E-state index contributed by atoms with van der Waals surface area (Å²) >= 11 is 0. The van der Waals surface area contributed by atoms with E-state index in [-0.39, 0.29) is 5.41 Å². The van der Waals surface area contributed by atoms with Crippen molar-refractivity contribution >= 4 is 49.9 Å². The van der Waals surface area contributed by atoms with E-state index in [1.807, 2.05) is 12.3 Å². The zero-order chi connectivity index (χ0) is 31.0. The van der Waals surface area contributed by atoms with E-state index in [0.29, 0.717) is 0 Å². The highest BCUT2D eigenvalue weighted by atomic mass is 15.2. The van der Waals surface area contributed by atoms with Crippen LogP contribution in [0.4, 0.5) is 17.1 Å². The third kappa shape index (κ3) is 3.98. The summed E-state index contributed by atoms with van der Waals surface area (Å²) in [4.78, 5) is 17.5. The second-order valence-corrected chi connectivity index (χ2v) is 13.0. The van der Waals surface area contributed by atoms with Crippen molar-refractivity contribution in [3.8, 4) is 28.1 Å². The zero-order valence-electron chi connectivity index (χ0n) is 25.9. The molecule has 1 aliphatic heterocycles. The number of para-hydroxylation sites is 3. The van der Waals surface area contributed by atoms with Crippen LogP contribution in [0.25, 0.3) is 60.9 Å². The van der Waals surface area contributed by atoms with E-state index in [1.54, 1.807) is 0 Å². The third-order valence-corrected chi connectivity index (χ3v) is 9.00. The maximum Gasteiger partial charge on any atom is 0.120 e. The summed E-state index contributed by atoms with van der Waals surface area (Å²) in [6, 6.07) is 45.0. The van der Waals surface area contributed by atoms with Crippen LogP contribution in [0, 0.1) is 0 Å². The quantitative estimate of drug-likeness (QED) is 0.191. The first kappa shape index (κ1) is 26.6. The molecule has 0 N–H and O–H groups in total. The van der Waals surface area contributed by atoms with Gasteiger partial charge in [0.15, 0.2) is 0 Å². The van der Waals surface area contributed by atoms with Crippen LogP contribution in [0.3, 0.4) is 0 Å². The van der Waals surface area contributed by atoms with E-state index in [4.69, 9.17) is 9.97 Å². The van der Waals surface area contributed by atoms with Gasteiger partial charge in [-0.1, -0.05) is 99.6 Å². The maximum absolute atomic E-state index is 5.42. The van der Waals surface area contributed by atoms with Gasteiger partial charge < -0.3 is 4.90 Å². The molecule has 0 unspecified atom stereocenters. The van der Waals surface area contributed by atoms with Gasteiger partial charge >= 0.3 is 0 Å². The summed E-state index contributed by atoms with van der Waals surface area (Å²) in [6.45, 7) is 6.73. The van der Waals surface area contributed by atoms with Crippen molar-refractivity contribution in [2.24, 2.45) is 0 Å². The number of benzene rings is 5. The molecule has 5 nitrogen and oxygen atoms in total. The second-order valence-electron chi connectivity index (χ2n) is 13.0. The Labute approximate surface area is 267 Å². The number of fused-ring (bicyclic) bond motifs is 5. The van der Waals surface area contributed by atoms with Gasteiger partial charge in [0.25, 0.3) is 0 Å². The SMILES string of the molecule is CC(C)(C)c1nc2c(-c3ccc(-c4ccc5ccc6cccnc6c5n4)cc3)ccc3c2n1-c1ccccc1N3c1ccccc1. The fourth-order valence-electron chi connectivity index (χ4n) is 6.85. The Bertz CT molecular complexity index is 2450. The number of imidazole rings is 1. The lowest BCUT2D eigenvalue weighted by molar-refractivity contribution is 0.539. The lowest BCUT2D eigenvalue weighted by Gasteiger charge is -2.34. The Kier molecular flexibility index (Phi) is 5.69. The van der Waals surface area contributed by atoms with Gasteiger partial charge in [0.2, 0.25) is 0 Å². The van der Waals surface area contributed by atoms with Crippen molar-refractivity contribution < 1.29 is 0 Å². The highest BCUT2D eigenvalue weighted by Crippen LogP contribution is 2.50. The van der Waals surface area contributed by atoms with Crippen molar-refractivity contribution in [2.75, 3.05) is 4.90 Å². The summed E-state index contributed by atoms with van der Waals surface area (Å²) in [5.41, 5.74) is 12.6. The number of nitrogens with zero attached hydrogens (tertiary/aromatic N) is 5. The van der Waals surface area contributed by atoms with Gasteiger partial charge in [-0.25, -0.2) is 9.97 Å². The lowest BCUT2D eigenvalue weighted by Crippen LogP contribution is -2.23. The van der Waals surface area contributed by atoms with Crippen LogP contribution < -0.4 is 4.90 Å². The van der Waals surface area contributed by atoms with Crippen molar-refractivity contribution in [1.29, 1.82) is 0 Å². The minimum Gasteiger partial charge on any atom is -0.306 e. The minimum absolute atomic E-state index is 0.166. The summed E-state index contributed by atoms with van der Waals surface area (Å²) in [5.74, 6) is 1.05. The van der Waals surface area contributed by atoms with Gasteiger partial charge in [-0.05, 0) is 54.1 Å². The van der Waals surface area contributed by atoms with Crippen LogP contribution in [0.2, 0.25) is 0 Å². The fourth-order valence-corrected chi connectivity index (χ4v) is 6.85. The molecule has 220 valence electrons. The number of hydrogen-bond donors (Lipinski definition) is 0. The molecule has 9 rings (SSSR count). The topological polar surface area (TPSA) is 46.8 Å². The van der Waals surface area contributed by atoms with Crippen LogP contribution >= 0.6 is 0 Å². The largest absolute Gasteiger partial charge is 0.306 e. The first-order chi connectivity index (χ1) is 22.5. The Hall–Kier alpha value is -5.81. The Morgan fingerprint density at radius 1 is 0.522 bits per heavy atom. The molecule has 0 saturated carbocycles. The molecule has 3 aromatic heterocycles. The van der Waals surface area contributed by atoms with Gasteiger partial charge in [-0.15, -0.1) is 0 Å². The van der Waals surface area contributed by atoms with E-state index in [1.165, 1.54) is 0 Å². The van der Waals surface area contributed by atoms with Crippen LogP contribution in [0.1, 0.15) is 26.6 Å². The van der Waals surface area contributed by atoms with Crippen molar-refractivity contribution in [2.45, 2.75) is 26.2 Å². The van der Waals surface area contributed by atoms with E-state index >= 15 is 0 Å². The molecule has 46 heavy (non-hydrogen) atoms. The smallest absolute Gasteiger partial charge is 0.120 e. The van der Waals surface area contributed by atoms with Crippen LogP contribution in [0.15, 0.2) is 134 Å². The standard InChI is InChI=1S/C41H31N5/c1-41(2,3)40-44-38-31(22-24-35-39(38)46(40)34-14-8-7-13-33(34)45(35)30-11-5-4-6-12-30)26-15-17-27(18-16-26)32-23-21-29-20-19-28-10-9-25-42-36(28)37(29)43-32/h4-25H,1-3H3. The van der Waals surface area contributed by atoms with Gasteiger partial charge in [-0.3, -0.25) is 9.55 Å². The predicted octanol–water partition coefficient (Wildman–Crippen LogP) is 10.5. The average Bonchev–Trinajstić information content (AvgIpc) is 3.51. The van der Waals surface area contributed by atoms with Gasteiger partial charge in [0, 0.05) is 39.2 Å². The molecule has 4 heterocycles. The fraction of sp³-hybridized carbons (Fsp3) is 0.0976. The molecule has 8 aromatic rings. The minimum atomic E-state index is -0.166. The Morgan fingerprint density at radius 2 is 1.22 bits per heavy atom. The molecule has 0 saturated heterocycles. The molecule has 0 atom stereocenters. The molecule has 0 spiro atoms. The number of hydrogen-bond acceptors (Lipinski definition) is 4. The molecular weight excluding hydrogens is 562 g/mol. The summed E-state index contributed by atoms with van der Waals surface area (Å²) in [5, 5.41) is 2.19. The molecule has 0 aliphatic carbocycles. The van der Waals surface area contributed by atoms with Gasteiger partial charge in [-0.2, -0.15) is 0 Å².